The summed E-state index contributed by atoms with van der Waals surface area (Å²) in [4.78, 5) is 12.5. The number of aliphatic carboxylic acids is 1. The maximum atomic E-state index is 12.5. The molecule has 0 radical (unpaired) electrons. The first kappa shape index (κ1) is 25.7. The van der Waals surface area contributed by atoms with Crippen molar-refractivity contribution in [3.8, 4) is 0 Å². The first-order chi connectivity index (χ1) is 15.7. The molecule has 0 amide bonds. The standard InChI is InChI=1S/C31H48O3/c1-19(2)20(3)9-10-21(27(33)34)22-13-17-31(8)24-11-12-25-28(4,5)26(32)15-16-29(25,6)23(24)14-18-30(22,31)7/h11,14,19,21-22,25-26,32H,3,9-10,12-13,15-18H2,1-2,4-8H3,(H,33,34)/t21-,22?,25+,26?,29-,30-,31+/m1/s1. The Balaban J connectivity index is 1.68. The fraction of sp³-hybridized carbons (Fsp3) is 0.774. The Labute approximate surface area is 207 Å². The van der Waals surface area contributed by atoms with Crippen molar-refractivity contribution in [2.75, 3.05) is 0 Å². The molecule has 0 aromatic heterocycles. The summed E-state index contributed by atoms with van der Waals surface area (Å²) >= 11 is 0. The van der Waals surface area contributed by atoms with Gasteiger partial charge in [0.2, 0.25) is 0 Å². The highest BCUT2D eigenvalue weighted by molar-refractivity contribution is 5.71. The second-order valence-electron chi connectivity index (χ2n) is 13.7. The quantitative estimate of drug-likeness (QED) is 0.395. The van der Waals surface area contributed by atoms with E-state index in [2.05, 4.69) is 67.2 Å². The molecular weight excluding hydrogens is 420 g/mol. The van der Waals surface area contributed by atoms with Crippen LogP contribution in [0.1, 0.15) is 99.8 Å². The van der Waals surface area contributed by atoms with Crippen molar-refractivity contribution >= 4 is 5.97 Å². The minimum atomic E-state index is -0.630. The van der Waals surface area contributed by atoms with Crippen LogP contribution in [0.2, 0.25) is 0 Å². The minimum Gasteiger partial charge on any atom is -0.481 e. The highest BCUT2D eigenvalue weighted by Crippen LogP contribution is 2.71. The van der Waals surface area contributed by atoms with Crippen molar-refractivity contribution in [1.82, 2.24) is 0 Å². The average Bonchev–Trinajstić information content (AvgIpc) is 3.02. The summed E-state index contributed by atoms with van der Waals surface area (Å²) in [6.07, 6.45) is 12.2. The SMILES string of the molecule is C=C(CC[C@@H](C(=O)O)C1CC[C@@]2(C)C3=CC[C@H]4C(C)(C)C(O)CC[C@]4(C)C3=CC[C@]12C)C(C)C. The molecule has 2 fully saturated rings. The van der Waals surface area contributed by atoms with Crippen molar-refractivity contribution in [1.29, 1.82) is 0 Å². The van der Waals surface area contributed by atoms with Crippen molar-refractivity contribution in [3.63, 3.8) is 0 Å². The lowest BCUT2D eigenvalue weighted by Gasteiger charge is -2.61. The van der Waals surface area contributed by atoms with Crippen molar-refractivity contribution in [3.05, 3.63) is 35.5 Å². The largest absolute Gasteiger partial charge is 0.481 e. The van der Waals surface area contributed by atoms with E-state index in [0.717, 1.165) is 44.9 Å². The molecule has 0 aromatic carbocycles. The Bertz CT molecular complexity index is 923. The van der Waals surface area contributed by atoms with E-state index >= 15 is 0 Å². The molecule has 3 nitrogen and oxygen atoms in total. The van der Waals surface area contributed by atoms with Crippen molar-refractivity contribution < 1.29 is 15.0 Å². The van der Waals surface area contributed by atoms with E-state index in [1.54, 1.807) is 0 Å². The predicted octanol–water partition coefficient (Wildman–Crippen LogP) is 7.57. The van der Waals surface area contributed by atoms with E-state index in [-0.39, 0.29) is 39.6 Å². The minimum absolute atomic E-state index is 0.0126. The third-order valence-corrected chi connectivity index (χ3v) is 11.7. The Hall–Kier alpha value is -1.35. The van der Waals surface area contributed by atoms with Gasteiger partial charge in [0.05, 0.1) is 12.0 Å². The molecular formula is C31H48O3. The Kier molecular flexibility index (Phi) is 6.32. The Morgan fingerprint density at radius 2 is 1.76 bits per heavy atom. The van der Waals surface area contributed by atoms with Gasteiger partial charge < -0.3 is 10.2 Å². The second kappa shape index (κ2) is 8.36. The van der Waals surface area contributed by atoms with Crippen LogP contribution in [0.15, 0.2) is 35.5 Å². The predicted molar refractivity (Wildman–Crippen MR) is 139 cm³/mol. The molecule has 2 unspecified atom stereocenters. The van der Waals surface area contributed by atoms with Crippen LogP contribution in [-0.4, -0.2) is 22.3 Å². The summed E-state index contributed by atoms with van der Waals surface area (Å²) in [5.41, 5.74) is 4.16. The summed E-state index contributed by atoms with van der Waals surface area (Å²) in [5, 5.41) is 21.1. The van der Waals surface area contributed by atoms with Crippen molar-refractivity contribution in [2.24, 2.45) is 45.3 Å². The van der Waals surface area contributed by atoms with Crippen LogP contribution < -0.4 is 0 Å². The van der Waals surface area contributed by atoms with E-state index < -0.39 is 5.97 Å². The first-order valence-corrected chi connectivity index (χ1v) is 13.7. The molecule has 2 saturated carbocycles. The molecule has 0 bridgehead atoms. The zero-order valence-corrected chi connectivity index (χ0v) is 22.7. The Morgan fingerprint density at radius 1 is 1.09 bits per heavy atom. The lowest BCUT2D eigenvalue weighted by atomic mass is 9.44. The van der Waals surface area contributed by atoms with Crippen LogP contribution in [0, 0.1) is 45.3 Å². The molecule has 0 aliphatic heterocycles. The Morgan fingerprint density at radius 3 is 2.38 bits per heavy atom. The van der Waals surface area contributed by atoms with Crippen LogP contribution in [0.25, 0.3) is 0 Å². The zero-order valence-electron chi connectivity index (χ0n) is 22.7. The molecule has 4 rings (SSSR count). The van der Waals surface area contributed by atoms with Crippen molar-refractivity contribution in [2.45, 2.75) is 106 Å². The zero-order chi connectivity index (χ0) is 25.3. The van der Waals surface area contributed by atoms with Crippen LogP contribution in [0.3, 0.4) is 0 Å². The number of carboxylic acids is 1. The van der Waals surface area contributed by atoms with Gasteiger partial charge in [-0.2, -0.15) is 0 Å². The average molecular weight is 469 g/mol. The molecule has 0 spiro atoms. The number of fused-ring (bicyclic) bond motifs is 5. The number of hydrogen-bond donors (Lipinski definition) is 2. The summed E-state index contributed by atoms with van der Waals surface area (Å²) in [7, 11) is 0. The number of carbonyl (C=O) groups is 1. The van der Waals surface area contributed by atoms with Gasteiger partial charge in [-0.15, -0.1) is 0 Å². The van der Waals surface area contributed by atoms with Gasteiger partial charge in [0, 0.05) is 0 Å². The maximum absolute atomic E-state index is 12.5. The van der Waals surface area contributed by atoms with Gasteiger partial charge in [0.15, 0.2) is 0 Å². The smallest absolute Gasteiger partial charge is 0.306 e. The maximum Gasteiger partial charge on any atom is 0.306 e. The molecule has 7 atom stereocenters. The highest BCUT2D eigenvalue weighted by atomic mass is 16.4. The lowest BCUT2D eigenvalue weighted by Crippen LogP contribution is -2.54. The van der Waals surface area contributed by atoms with Gasteiger partial charge in [0.1, 0.15) is 0 Å². The van der Waals surface area contributed by atoms with Gasteiger partial charge in [-0.1, -0.05) is 72.8 Å². The number of allylic oxidation sites excluding steroid dienone is 5. The molecule has 190 valence electrons. The van der Waals surface area contributed by atoms with Gasteiger partial charge in [-0.3, -0.25) is 4.79 Å². The van der Waals surface area contributed by atoms with Crippen LogP contribution in [-0.2, 0) is 4.79 Å². The summed E-state index contributed by atoms with van der Waals surface area (Å²) in [6, 6.07) is 0. The van der Waals surface area contributed by atoms with E-state index in [1.807, 2.05) is 0 Å². The van der Waals surface area contributed by atoms with Crippen LogP contribution in [0.5, 0.6) is 0 Å². The number of rotatable bonds is 6. The molecule has 4 aliphatic carbocycles. The molecule has 0 saturated heterocycles. The fourth-order valence-corrected chi connectivity index (χ4v) is 8.80. The number of hydrogen-bond acceptors (Lipinski definition) is 2. The van der Waals surface area contributed by atoms with E-state index in [9.17, 15) is 15.0 Å². The van der Waals surface area contributed by atoms with E-state index in [4.69, 9.17) is 0 Å². The van der Waals surface area contributed by atoms with Crippen LogP contribution in [0.4, 0.5) is 0 Å². The number of aliphatic hydroxyl groups is 1. The summed E-state index contributed by atoms with van der Waals surface area (Å²) in [6.45, 7) is 20.3. The number of carboxylic acid groups (broad SMARTS) is 1. The van der Waals surface area contributed by atoms with E-state index in [1.165, 1.54) is 16.7 Å². The second-order valence-corrected chi connectivity index (χ2v) is 13.7. The van der Waals surface area contributed by atoms with Gasteiger partial charge in [-0.25, -0.2) is 0 Å². The molecule has 34 heavy (non-hydrogen) atoms. The van der Waals surface area contributed by atoms with E-state index in [0.29, 0.717) is 18.3 Å². The highest BCUT2D eigenvalue weighted by Gasteiger charge is 2.63. The molecule has 2 N–H and O–H groups in total. The third kappa shape index (κ3) is 3.51. The molecule has 0 aromatic rings. The van der Waals surface area contributed by atoms with Gasteiger partial charge in [0.25, 0.3) is 0 Å². The third-order valence-electron chi connectivity index (χ3n) is 11.7. The van der Waals surface area contributed by atoms with Gasteiger partial charge >= 0.3 is 5.97 Å². The first-order valence-electron chi connectivity index (χ1n) is 13.7. The molecule has 3 heteroatoms. The molecule has 4 aliphatic rings. The van der Waals surface area contributed by atoms with Crippen LogP contribution >= 0.6 is 0 Å². The fourth-order valence-electron chi connectivity index (χ4n) is 8.80. The summed E-state index contributed by atoms with van der Waals surface area (Å²) in [5.74, 6) is 0.0861. The topological polar surface area (TPSA) is 57.5 Å². The number of aliphatic hydroxyl groups excluding tert-OH is 1. The monoisotopic (exact) mass is 468 g/mol. The van der Waals surface area contributed by atoms with Gasteiger partial charge in [-0.05, 0) is 102 Å². The lowest BCUT2D eigenvalue weighted by molar-refractivity contribution is -0.146. The normalized spacial score (nSPS) is 41.6. The summed E-state index contributed by atoms with van der Waals surface area (Å²) < 4.78 is 0. The molecule has 0 heterocycles.